The molecule has 1 amide bonds. The summed E-state index contributed by atoms with van der Waals surface area (Å²) in [6, 6.07) is 5.27. The standard InChI is InChI=1S/C13H15NO4/c15-6-1-3-13(16)14-10-4-5-11-12(9-10)18-8-2-7-17-11/h4-6,9H,1-3,7-8H2,(H,14,16). The molecule has 0 unspecified atom stereocenters. The minimum absolute atomic E-state index is 0.184. The van der Waals surface area contributed by atoms with Gasteiger partial charge >= 0.3 is 0 Å². The van der Waals surface area contributed by atoms with Gasteiger partial charge in [0, 0.05) is 31.0 Å². The molecule has 0 aromatic heterocycles. The fraction of sp³-hybridized carbons (Fsp3) is 0.385. The Labute approximate surface area is 105 Å². The van der Waals surface area contributed by atoms with E-state index in [-0.39, 0.29) is 18.7 Å². The zero-order valence-corrected chi connectivity index (χ0v) is 9.98. The second-order valence-electron chi connectivity index (χ2n) is 3.97. The van der Waals surface area contributed by atoms with Crippen LogP contribution in [0.2, 0.25) is 0 Å². The van der Waals surface area contributed by atoms with E-state index in [9.17, 15) is 9.59 Å². The molecule has 5 nitrogen and oxygen atoms in total. The molecule has 2 rings (SSSR count). The van der Waals surface area contributed by atoms with Crippen molar-refractivity contribution in [2.24, 2.45) is 0 Å². The quantitative estimate of drug-likeness (QED) is 0.826. The van der Waals surface area contributed by atoms with Crippen LogP contribution in [-0.2, 0) is 9.59 Å². The first kappa shape index (κ1) is 12.4. The normalized spacial score (nSPS) is 13.6. The van der Waals surface area contributed by atoms with E-state index in [2.05, 4.69) is 5.32 Å². The van der Waals surface area contributed by atoms with Gasteiger partial charge in [0.25, 0.3) is 0 Å². The highest BCUT2D eigenvalue weighted by atomic mass is 16.5. The number of amides is 1. The summed E-state index contributed by atoms with van der Waals surface area (Å²) in [6.07, 6.45) is 2.00. The maximum Gasteiger partial charge on any atom is 0.224 e. The van der Waals surface area contributed by atoms with Crippen molar-refractivity contribution in [3.8, 4) is 11.5 Å². The third-order valence-electron chi connectivity index (χ3n) is 2.52. The molecule has 5 heteroatoms. The Hall–Kier alpha value is -2.04. The number of ether oxygens (including phenoxy) is 2. The van der Waals surface area contributed by atoms with Gasteiger partial charge in [0.1, 0.15) is 6.29 Å². The minimum Gasteiger partial charge on any atom is -0.490 e. The van der Waals surface area contributed by atoms with Crippen LogP contribution >= 0.6 is 0 Å². The number of fused-ring (bicyclic) bond motifs is 1. The molecule has 1 N–H and O–H groups in total. The molecule has 1 aromatic rings. The molecule has 0 bridgehead atoms. The maximum absolute atomic E-state index is 11.5. The largest absolute Gasteiger partial charge is 0.490 e. The fourth-order valence-corrected chi connectivity index (χ4v) is 1.65. The number of carbonyl (C=O) groups is 2. The molecule has 96 valence electrons. The van der Waals surface area contributed by atoms with Gasteiger partial charge in [-0.2, -0.15) is 0 Å². The molecule has 0 spiro atoms. The second-order valence-corrected chi connectivity index (χ2v) is 3.97. The van der Waals surface area contributed by atoms with Crippen molar-refractivity contribution < 1.29 is 19.1 Å². The van der Waals surface area contributed by atoms with E-state index in [1.54, 1.807) is 18.2 Å². The lowest BCUT2D eigenvalue weighted by Gasteiger charge is -2.10. The van der Waals surface area contributed by atoms with E-state index in [0.717, 1.165) is 12.7 Å². The van der Waals surface area contributed by atoms with E-state index < -0.39 is 0 Å². The zero-order valence-electron chi connectivity index (χ0n) is 9.98. The smallest absolute Gasteiger partial charge is 0.224 e. The molecule has 1 aliphatic rings. The highest BCUT2D eigenvalue weighted by molar-refractivity contribution is 5.92. The van der Waals surface area contributed by atoms with Crippen molar-refractivity contribution in [1.82, 2.24) is 0 Å². The number of nitrogens with one attached hydrogen (secondary N) is 1. The molecule has 1 aliphatic heterocycles. The molecule has 0 saturated heterocycles. The SMILES string of the molecule is O=CCCC(=O)Nc1ccc2c(c1)OCCCO2. The van der Waals surface area contributed by atoms with Crippen molar-refractivity contribution in [2.45, 2.75) is 19.3 Å². The van der Waals surface area contributed by atoms with Crippen molar-refractivity contribution in [2.75, 3.05) is 18.5 Å². The number of aldehydes is 1. The molecule has 1 aromatic carbocycles. The summed E-state index contributed by atoms with van der Waals surface area (Å²) < 4.78 is 11.0. The molecule has 1 heterocycles. The first-order chi connectivity index (χ1) is 8.79. The van der Waals surface area contributed by atoms with Crippen molar-refractivity contribution in [3.63, 3.8) is 0 Å². The van der Waals surface area contributed by atoms with Gasteiger partial charge in [-0.15, -0.1) is 0 Å². The van der Waals surface area contributed by atoms with E-state index in [1.807, 2.05) is 0 Å². The topological polar surface area (TPSA) is 64.6 Å². The zero-order chi connectivity index (χ0) is 12.8. The Kier molecular flexibility index (Phi) is 4.17. The number of rotatable bonds is 4. The summed E-state index contributed by atoms with van der Waals surface area (Å²) in [5, 5.41) is 2.71. The predicted molar refractivity (Wildman–Crippen MR) is 66.0 cm³/mol. The summed E-state index contributed by atoms with van der Waals surface area (Å²) in [4.78, 5) is 21.6. The van der Waals surface area contributed by atoms with Crippen molar-refractivity contribution in [3.05, 3.63) is 18.2 Å². The number of anilines is 1. The van der Waals surface area contributed by atoms with Gasteiger partial charge < -0.3 is 19.6 Å². The Morgan fingerprint density at radius 1 is 1.28 bits per heavy atom. The average molecular weight is 249 g/mol. The lowest BCUT2D eigenvalue weighted by molar-refractivity contribution is -0.118. The van der Waals surface area contributed by atoms with Gasteiger partial charge in [0.05, 0.1) is 13.2 Å². The third kappa shape index (κ3) is 3.23. The van der Waals surface area contributed by atoms with E-state index in [4.69, 9.17) is 9.47 Å². The summed E-state index contributed by atoms with van der Waals surface area (Å²) in [5.74, 6) is 1.15. The Balaban J connectivity index is 2.03. The fourth-order valence-electron chi connectivity index (χ4n) is 1.65. The van der Waals surface area contributed by atoms with Gasteiger partial charge in [-0.1, -0.05) is 0 Å². The lowest BCUT2D eigenvalue weighted by atomic mass is 10.2. The summed E-state index contributed by atoms with van der Waals surface area (Å²) in [6.45, 7) is 1.24. The van der Waals surface area contributed by atoms with Crippen molar-refractivity contribution in [1.29, 1.82) is 0 Å². The van der Waals surface area contributed by atoms with Crippen molar-refractivity contribution >= 4 is 17.9 Å². The van der Waals surface area contributed by atoms with Gasteiger partial charge in [-0.05, 0) is 12.1 Å². The molecule has 0 aliphatic carbocycles. The van der Waals surface area contributed by atoms with Crippen LogP contribution in [0.25, 0.3) is 0 Å². The predicted octanol–water partition coefficient (Wildman–Crippen LogP) is 1.77. The van der Waals surface area contributed by atoms with E-state index >= 15 is 0 Å². The first-order valence-corrected chi connectivity index (χ1v) is 5.93. The van der Waals surface area contributed by atoms with Crippen LogP contribution in [0.3, 0.4) is 0 Å². The van der Waals surface area contributed by atoms with Gasteiger partial charge in [-0.3, -0.25) is 4.79 Å². The number of hydrogen-bond donors (Lipinski definition) is 1. The highest BCUT2D eigenvalue weighted by Crippen LogP contribution is 2.32. The highest BCUT2D eigenvalue weighted by Gasteiger charge is 2.11. The van der Waals surface area contributed by atoms with Gasteiger partial charge in [-0.25, -0.2) is 0 Å². The van der Waals surface area contributed by atoms with Gasteiger partial charge in [0.2, 0.25) is 5.91 Å². The number of benzene rings is 1. The molecular formula is C13H15NO4. The van der Waals surface area contributed by atoms with Crippen LogP contribution in [0.4, 0.5) is 5.69 Å². The summed E-state index contributed by atoms with van der Waals surface area (Å²) in [5.41, 5.74) is 0.648. The van der Waals surface area contributed by atoms with Crippen LogP contribution in [0.1, 0.15) is 19.3 Å². The third-order valence-corrected chi connectivity index (χ3v) is 2.52. The number of hydrogen-bond acceptors (Lipinski definition) is 4. The Bertz CT molecular complexity index is 445. The lowest BCUT2D eigenvalue weighted by Crippen LogP contribution is -2.11. The van der Waals surface area contributed by atoms with E-state index in [1.165, 1.54) is 0 Å². The molecule has 0 radical (unpaired) electrons. The minimum atomic E-state index is -0.184. The maximum atomic E-state index is 11.5. The summed E-state index contributed by atoms with van der Waals surface area (Å²) >= 11 is 0. The molecule has 0 fully saturated rings. The second kappa shape index (κ2) is 6.05. The molecule has 18 heavy (non-hydrogen) atoms. The summed E-state index contributed by atoms with van der Waals surface area (Å²) in [7, 11) is 0. The molecule has 0 saturated carbocycles. The molecule has 0 atom stereocenters. The Morgan fingerprint density at radius 2 is 2.06 bits per heavy atom. The van der Waals surface area contributed by atoms with Gasteiger partial charge in [0.15, 0.2) is 11.5 Å². The van der Waals surface area contributed by atoms with Crippen LogP contribution in [-0.4, -0.2) is 25.4 Å². The number of carbonyl (C=O) groups excluding carboxylic acids is 2. The van der Waals surface area contributed by atoms with Crippen LogP contribution < -0.4 is 14.8 Å². The first-order valence-electron chi connectivity index (χ1n) is 5.93. The van der Waals surface area contributed by atoms with Crippen LogP contribution in [0.5, 0.6) is 11.5 Å². The monoisotopic (exact) mass is 249 g/mol. The molecular weight excluding hydrogens is 234 g/mol. The van der Waals surface area contributed by atoms with Crippen LogP contribution in [0.15, 0.2) is 18.2 Å². The van der Waals surface area contributed by atoms with Crippen LogP contribution in [0, 0.1) is 0 Å². The average Bonchev–Trinajstić information content (AvgIpc) is 2.61. The Morgan fingerprint density at radius 3 is 2.83 bits per heavy atom. The van der Waals surface area contributed by atoms with E-state index in [0.29, 0.717) is 30.4 Å².